The summed E-state index contributed by atoms with van der Waals surface area (Å²) in [7, 11) is 0. The molecule has 0 spiro atoms. The molecule has 0 radical (unpaired) electrons. The first-order valence-electron chi connectivity index (χ1n) is 11.1. The molecule has 34 heavy (non-hydrogen) atoms. The van der Waals surface area contributed by atoms with Crippen molar-refractivity contribution in [2.24, 2.45) is 0 Å². The standard InChI is InChI=1S/C21H27FN10O2/c1-15-4-5-16(8-23-15)9-24-21(34)18-12-31(28-26-18)6-2-3-7-32-13-19(27-29-32)25-20(33)14-30-10-17(22)11-30/h4-5,8,12-13,17H,2-3,6-7,9-11,14H2,1H3,(H,24,34)(H,25,33). The first kappa shape index (κ1) is 23.4. The van der Waals surface area contributed by atoms with Gasteiger partial charge in [0, 0.05) is 44.6 Å². The number of anilines is 1. The molecule has 0 saturated carbocycles. The summed E-state index contributed by atoms with van der Waals surface area (Å²) in [4.78, 5) is 30.1. The molecule has 1 aliphatic heterocycles. The Morgan fingerprint density at radius 3 is 2.53 bits per heavy atom. The molecular weight excluding hydrogens is 443 g/mol. The zero-order chi connectivity index (χ0) is 23.9. The number of unbranched alkanes of at least 4 members (excludes halogenated alkanes) is 1. The maximum Gasteiger partial charge on any atom is 0.273 e. The van der Waals surface area contributed by atoms with Crippen LogP contribution in [0.1, 0.15) is 34.6 Å². The van der Waals surface area contributed by atoms with Gasteiger partial charge in [-0.3, -0.25) is 28.8 Å². The first-order valence-corrected chi connectivity index (χ1v) is 11.1. The average molecular weight is 471 g/mol. The number of likely N-dealkylation sites (tertiary alicyclic amines) is 1. The molecular formula is C21H27FN10O2. The van der Waals surface area contributed by atoms with Gasteiger partial charge in [0.05, 0.1) is 18.9 Å². The van der Waals surface area contributed by atoms with Crippen molar-refractivity contribution in [2.45, 2.75) is 45.6 Å². The van der Waals surface area contributed by atoms with Crippen LogP contribution >= 0.6 is 0 Å². The van der Waals surface area contributed by atoms with Gasteiger partial charge in [-0.1, -0.05) is 16.5 Å². The minimum absolute atomic E-state index is 0.147. The van der Waals surface area contributed by atoms with Gasteiger partial charge in [-0.25, -0.2) is 4.39 Å². The molecule has 3 aromatic rings. The van der Waals surface area contributed by atoms with E-state index in [-0.39, 0.29) is 24.1 Å². The fourth-order valence-corrected chi connectivity index (χ4v) is 3.42. The molecule has 3 aromatic heterocycles. The molecule has 1 aliphatic rings. The number of aryl methyl sites for hydroxylation is 3. The SMILES string of the molecule is Cc1ccc(CNC(=O)c2cn(CCCCn3cc(NC(=O)CN4CC(F)C4)nn3)nn2)cn1. The van der Waals surface area contributed by atoms with E-state index in [0.717, 1.165) is 24.1 Å². The second-order valence-corrected chi connectivity index (χ2v) is 8.27. The fraction of sp³-hybridized carbons (Fsp3) is 0.476. The number of hydrogen-bond donors (Lipinski definition) is 2. The van der Waals surface area contributed by atoms with Crippen molar-refractivity contribution in [1.29, 1.82) is 0 Å². The Balaban J connectivity index is 1.13. The fourth-order valence-electron chi connectivity index (χ4n) is 3.42. The zero-order valence-corrected chi connectivity index (χ0v) is 18.9. The summed E-state index contributed by atoms with van der Waals surface area (Å²) in [6, 6.07) is 3.81. The monoisotopic (exact) mass is 470 g/mol. The van der Waals surface area contributed by atoms with E-state index in [9.17, 15) is 14.0 Å². The van der Waals surface area contributed by atoms with Crippen LogP contribution in [0.4, 0.5) is 10.2 Å². The summed E-state index contributed by atoms with van der Waals surface area (Å²) in [6.07, 6.45) is 5.76. The molecule has 180 valence electrons. The molecule has 1 saturated heterocycles. The molecule has 12 nitrogen and oxygen atoms in total. The number of carbonyl (C=O) groups is 2. The Bertz CT molecular complexity index is 1110. The lowest BCUT2D eigenvalue weighted by Crippen LogP contribution is -2.51. The number of pyridine rings is 1. The zero-order valence-electron chi connectivity index (χ0n) is 18.9. The van der Waals surface area contributed by atoms with Gasteiger partial charge < -0.3 is 10.6 Å². The average Bonchev–Trinajstić information content (AvgIpc) is 3.45. The van der Waals surface area contributed by atoms with Crippen LogP contribution in [0, 0.1) is 6.92 Å². The molecule has 2 N–H and O–H groups in total. The molecule has 1 fully saturated rings. The largest absolute Gasteiger partial charge is 0.346 e. The number of rotatable bonds is 11. The number of nitrogens with zero attached hydrogens (tertiary/aromatic N) is 8. The van der Waals surface area contributed by atoms with Gasteiger partial charge in [-0.15, -0.1) is 10.2 Å². The van der Waals surface area contributed by atoms with Crippen molar-refractivity contribution in [2.75, 3.05) is 25.0 Å². The van der Waals surface area contributed by atoms with E-state index < -0.39 is 6.17 Å². The van der Waals surface area contributed by atoms with Crippen LogP contribution in [0.15, 0.2) is 30.7 Å². The third-order valence-electron chi connectivity index (χ3n) is 5.31. The molecule has 0 aliphatic carbocycles. The van der Waals surface area contributed by atoms with Gasteiger partial charge in [0.1, 0.15) is 6.17 Å². The number of nitrogens with one attached hydrogen (secondary N) is 2. The van der Waals surface area contributed by atoms with Crippen molar-refractivity contribution >= 4 is 17.6 Å². The van der Waals surface area contributed by atoms with Crippen LogP contribution < -0.4 is 10.6 Å². The summed E-state index contributed by atoms with van der Waals surface area (Å²) in [5, 5.41) is 21.4. The van der Waals surface area contributed by atoms with Crippen molar-refractivity contribution in [1.82, 2.24) is 45.2 Å². The molecule has 0 atom stereocenters. The Hall–Kier alpha value is -3.74. The Labute approximate surface area is 195 Å². The Kier molecular flexibility index (Phi) is 7.52. The van der Waals surface area contributed by atoms with Crippen molar-refractivity contribution < 1.29 is 14.0 Å². The minimum Gasteiger partial charge on any atom is -0.346 e. The van der Waals surface area contributed by atoms with E-state index in [1.165, 1.54) is 0 Å². The number of alkyl halides is 1. The molecule has 13 heteroatoms. The number of hydrogen-bond acceptors (Lipinski definition) is 8. The number of halogens is 1. The number of carbonyl (C=O) groups excluding carboxylic acids is 2. The molecule has 2 amide bonds. The number of amides is 2. The maximum absolute atomic E-state index is 12.8. The van der Waals surface area contributed by atoms with Crippen LogP contribution in [0.25, 0.3) is 0 Å². The van der Waals surface area contributed by atoms with Gasteiger partial charge in [0.2, 0.25) is 5.91 Å². The number of aromatic nitrogens is 7. The highest BCUT2D eigenvalue weighted by Gasteiger charge is 2.27. The summed E-state index contributed by atoms with van der Waals surface area (Å²) in [5.74, 6) is -0.154. The van der Waals surface area contributed by atoms with Crippen molar-refractivity contribution in [3.05, 3.63) is 47.7 Å². The highest BCUT2D eigenvalue weighted by molar-refractivity contribution is 5.92. The van der Waals surface area contributed by atoms with E-state index in [0.29, 0.717) is 38.5 Å². The normalized spacial score (nSPS) is 14.1. The summed E-state index contributed by atoms with van der Waals surface area (Å²) in [5.41, 5.74) is 2.09. The third kappa shape index (κ3) is 6.63. The predicted molar refractivity (Wildman–Crippen MR) is 119 cm³/mol. The van der Waals surface area contributed by atoms with Crippen molar-refractivity contribution in [3.63, 3.8) is 0 Å². The first-order chi connectivity index (χ1) is 16.4. The van der Waals surface area contributed by atoms with Gasteiger partial charge in [0.15, 0.2) is 11.5 Å². The lowest BCUT2D eigenvalue weighted by Gasteiger charge is -2.33. The van der Waals surface area contributed by atoms with Crippen LogP contribution in [-0.4, -0.2) is 77.5 Å². The van der Waals surface area contributed by atoms with E-state index in [1.807, 2.05) is 19.1 Å². The molecule has 4 heterocycles. The van der Waals surface area contributed by atoms with Crippen molar-refractivity contribution in [3.8, 4) is 0 Å². The van der Waals surface area contributed by atoms with Gasteiger partial charge in [-0.05, 0) is 31.4 Å². The van der Waals surface area contributed by atoms with Crippen LogP contribution in [0.2, 0.25) is 0 Å². The topological polar surface area (TPSA) is 136 Å². The smallest absolute Gasteiger partial charge is 0.273 e. The van der Waals surface area contributed by atoms with E-state index in [4.69, 9.17) is 0 Å². The van der Waals surface area contributed by atoms with E-state index in [2.05, 4.69) is 36.2 Å². The predicted octanol–water partition coefficient (Wildman–Crippen LogP) is 0.576. The minimum atomic E-state index is -0.836. The maximum atomic E-state index is 12.8. The molecule has 0 bridgehead atoms. The lowest BCUT2D eigenvalue weighted by molar-refractivity contribution is -0.119. The summed E-state index contributed by atoms with van der Waals surface area (Å²) in [6.45, 7) is 4.23. The second kappa shape index (κ2) is 10.9. The van der Waals surface area contributed by atoms with Gasteiger partial charge in [0.25, 0.3) is 5.91 Å². The molecule has 4 rings (SSSR count). The third-order valence-corrected chi connectivity index (χ3v) is 5.31. The van der Waals surface area contributed by atoms with Gasteiger partial charge in [-0.2, -0.15) is 0 Å². The van der Waals surface area contributed by atoms with Crippen LogP contribution in [0.5, 0.6) is 0 Å². The molecule has 0 unspecified atom stereocenters. The summed E-state index contributed by atoms with van der Waals surface area (Å²) < 4.78 is 16.1. The second-order valence-electron chi connectivity index (χ2n) is 8.27. The van der Waals surface area contributed by atoms with Gasteiger partial charge >= 0.3 is 0 Å². The Morgan fingerprint density at radius 2 is 1.82 bits per heavy atom. The molecule has 0 aromatic carbocycles. The van der Waals surface area contributed by atoms with Crippen LogP contribution in [-0.2, 0) is 24.4 Å². The van der Waals surface area contributed by atoms with Crippen LogP contribution in [0.3, 0.4) is 0 Å². The Morgan fingerprint density at radius 1 is 1.09 bits per heavy atom. The highest BCUT2D eigenvalue weighted by atomic mass is 19.1. The van der Waals surface area contributed by atoms with E-state index >= 15 is 0 Å². The highest BCUT2D eigenvalue weighted by Crippen LogP contribution is 2.11. The summed E-state index contributed by atoms with van der Waals surface area (Å²) >= 11 is 0. The lowest BCUT2D eigenvalue weighted by atomic mass is 10.2. The van der Waals surface area contributed by atoms with E-state index in [1.54, 1.807) is 32.9 Å². The quantitative estimate of drug-likeness (QED) is 0.389.